The summed E-state index contributed by atoms with van der Waals surface area (Å²) in [5.41, 5.74) is 0.179. The van der Waals surface area contributed by atoms with E-state index in [9.17, 15) is 13.2 Å². The third-order valence-electron chi connectivity index (χ3n) is 1.70. The second-order valence-corrected chi connectivity index (χ2v) is 3.30. The van der Waals surface area contributed by atoms with E-state index in [1.165, 1.54) is 13.8 Å². The van der Waals surface area contributed by atoms with Crippen molar-refractivity contribution in [2.24, 2.45) is 0 Å². The van der Waals surface area contributed by atoms with E-state index in [0.717, 1.165) is 0 Å². The fraction of sp³-hybridized carbons (Fsp3) is 0.250. The molecule has 0 atom stereocenters. The van der Waals surface area contributed by atoms with Gasteiger partial charge in [0.25, 0.3) is 0 Å². The Labute approximate surface area is 76.5 Å². The standard InChI is InChI=1S/C8H6BrF3/c1-3-5(9)4(2)7(11)8(12)6(3)10/h1-2H3. The molecule has 1 aromatic rings. The third-order valence-corrected chi connectivity index (χ3v) is 2.89. The van der Waals surface area contributed by atoms with Crippen molar-refractivity contribution >= 4 is 15.9 Å². The summed E-state index contributed by atoms with van der Waals surface area (Å²) in [6.45, 7) is 2.77. The molecule has 0 aliphatic carbocycles. The van der Waals surface area contributed by atoms with Crippen LogP contribution in [0.1, 0.15) is 11.1 Å². The van der Waals surface area contributed by atoms with Gasteiger partial charge in [0, 0.05) is 15.6 Å². The van der Waals surface area contributed by atoms with E-state index in [-0.39, 0.29) is 15.6 Å². The van der Waals surface area contributed by atoms with Gasteiger partial charge in [0.05, 0.1) is 0 Å². The minimum atomic E-state index is -1.41. The molecule has 0 saturated carbocycles. The van der Waals surface area contributed by atoms with Gasteiger partial charge in [-0.15, -0.1) is 0 Å². The molecule has 0 unspecified atom stereocenters. The first-order chi connectivity index (χ1) is 5.46. The van der Waals surface area contributed by atoms with Crippen LogP contribution in [0.15, 0.2) is 4.47 Å². The van der Waals surface area contributed by atoms with Gasteiger partial charge in [-0.1, -0.05) is 15.9 Å². The molecule has 4 heteroatoms. The number of rotatable bonds is 0. The maximum absolute atomic E-state index is 12.8. The van der Waals surface area contributed by atoms with E-state index in [2.05, 4.69) is 15.9 Å². The van der Waals surface area contributed by atoms with Gasteiger partial charge >= 0.3 is 0 Å². The van der Waals surface area contributed by atoms with E-state index in [4.69, 9.17) is 0 Å². The number of halogens is 4. The quantitative estimate of drug-likeness (QED) is 0.480. The van der Waals surface area contributed by atoms with Crippen molar-refractivity contribution in [1.82, 2.24) is 0 Å². The van der Waals surface area contributed by atoms with E-state index in [0.29, 0.717) is 0 Å². The van der Waals surface area contributed by atoms with Crippen LogP contribution in [-0.2, 0) is 0 Å². The highest BCUT2D eigenvalue weighted by Gasteiger charge is 2.18. The molecule has 0 heterocycles. The maximum atomic E-state index is 12.8. The van der Waals surface area contributed by atoms with Crippen molar-refractivity contribution < 1.29 is 13.2 Å². The molecule has 0 aromatic heterocycles. The molecule has 0 spiro atoms. The van der Waals surface area contributed by atoms with Gasteiger partial charge < -0.3 is 0 Å². The molecular weight excluding hydrogens is 233 g/mol. The monoisotopic (exact) mass is 238 g/mol. The summed E-state index contributed by atoms with van der Waals surface area (Å²) in [5, 5.41) is 0. The van der Waals surface area contributed by atoms with E-state index in [1.807, 2.05) is 0 Å². The van der Waals surface area contributed by atoms with Crippen LogP contribution in [0.5, 0.6) is 0 Å². The van der Waals surface area contributed by atoms with Crippen molar-refractivity contribution in [3.05, 3.63) is 33.1 Å². The molecule has 12 heavy (non-hydrogen) atoms. The van der Waals surface area contributed by atoms with Crippen molar-refractivity contribution in [3.8, 4) is 0 Å². The normalized spacial score (nSPS) is 10.5. The van der Waals surface area contributed by atoms with Crippen LogP contribution in [0.3, 0.4) is 0 Å². The fourth-order valence-electron chi connectivity index (χ4n) is 0.900. The Hall–Kier alpha value is -0.510. The van der Waals surface area contributed by atoms with Gasteiger partial charge in [-0.05, 0) is 13.8 Å². The highest BCUT2D eigenvalue weighted by Crippen LogP contribution is 2.28. The van der Waals surface area contributed by atoms with Crippen LogP contribution in [0, 0.1) is 31.3 Å². The summed E-state index contributed by atoms with van der Waals surface area (Å²) in [6, 6.07) is 0. The predicted molar refractivity (Wildman–Crippen MR) is 43.5 cm³/mol. The van der Waals surface area contributed by atoms with Crippen LogP contribution in [0.2, 0.25) is 0 Å². The highest BCUT2D eigenvalue weighted by atomic mass is 79.9. The van der Waals surface area contributed by atoms with Crippen LogP contribution >= 0.6 is 15.9 Å². The molecule has 66 valence electrons. The van der Waals surface area contributed by atoms with Crippen LogP contribution in [0.4, 0.5) is 13.2 Å². The largest absolute Gasteiger partial charge is 0.203 e. The summed E-state index contributed by atoms with van der Waals surface area (Å²) >= 11 is 2.97. The summed E-state index contributed by atoms with van der Waals surface area (Å²) in [4.78, 5) is 0. The summed E-state index contributed by atoms with van der Waals surface area (Å²) < 4.78 is 38.5. The first kappa shape index (κ1) is 9.58. The van der Waals surface area contributed by atoms with Crippen LogP contribution in [0.25, 0.3) is 0 Å². The Morgan fingerprint density at radius 3 is 1.50 bits per heavy atom. The Bertz CT molecular complexity index is 229. The summed E-state index contributed by atoms with van der Waals surface area (Å²) in [5.74, 6) is -3.68. The highest BCUT2D eigenvalue weighted by molar-refractivity contribution is 9.10. The topological polar surface area (TPSA) is 0 Å². The van der Waals surface area contributed by atoms with Gasteiger partial charge in [-0.2, -0.15) is 0 Å². The Kier molecular flexibility index (Phi) is 2.46. The lowest BCUT2D eigenvalue weighted by atomic mass is 10.1. The first-order valence-corrected chi connectivity index (χ1v) is 4.05. The molecule has 1 rings (SSSR count). The van der Waals surface area contributed by atoms with Gasteiger partial charge in [0.1, 0.15) is 0 Å². The molecule has 0 aliphatic heterocycles. The van der Waals surface area contributed by atoms with E-state index < -0.39 is 17.5 Å². The fourth-order valence-corrected chi connectivity index (χ4v) is 1.25. The minimum absolute atomic E-state index is 0.0893. The Morgan fingerprint density at radius 2 is 1.17 bits per heavy atom. The maximum Gasteiger partial charge on any atom is 0.195 e. The number of hydrogen-bond donors (Lipinski definition) is 0. The molecule has 0 saturated heterocycles. The zero-order valence-electron chi connectivity index (χ0n) is 6.51. The first-order valence-electron chi connectivity index (χ1n) is 3.26. The van der Waals surface area contributed by atoms with Crippen molar-refractivity contribution in [2.75, 3.05) is 0 Å². The van der Waals surface area contributed by atoms with Gasteiger partial charge in [0.2, 0.25) is 0 Å². The second kappa shape index (κ2) is 3.09. The molecule has 1 aromatic carbocycles. The number of hydrogen-bond acceptors (Lipinski definition) is 0. The zero-order chi connectivity index (χ0) is 9.46. The van der Waals surface area contributed by atoms with E-state index in [1.54, 1.807) is 0 Å². The summed E-state index contributed by atoms with van der Waals surface area (Å²) in [7, 11) is 0. The van der Waals surface area contributed by atoms with Gasteiger partial charge in [-0.25, -0.2) is 13.2 Å². The molecule has 0 N–H and O–H groups in total. The second-order valence-electron chi connectivity index (χ2n) is 2.51. The molecule has 0 fully saturated rings. The molecular formula is C8H6BrF3. The van der Waals surface area contributed by atoms with Crippen LogP contribution < -0.4 is 0 Å². The Balaban J connectivity index is 3.60. The lowest BCUT2D eigenvalue weighted by Gasteiger charge is -2.06. The van der Waals surface area contributed by atoms with Crippen molar-refractivity contribution in [1.29, 1.82) is 0 Å². The number of benzene rings is 1. The molecule has 0 aliphatic rings. The third kappa shape index (κ3) is 1.24. The summed E-state index contributed by atoms with van der Waals surface area (Å²) in [6.07, 6.45) is 0. The molecule has 0 nitrogen and oxygen atoms in total. The lowest BCUT2D eigenvalue weighted by molar-refractivity contribution is 0.438. The zero-order valence-corrected chi connectivity index (χ0v) is 8.10. The average molecular weight is 239 g/mol. The predicted octanol–water partition coefficient (Wildman–Crippen LogP) is 3.48. The van der Waals surface area contributed by atoms with Crippen LogP contribution in [-0.4, -0.2) is 0 Å². The van der Waals surface area contributed by atoms with Crippen molar-refractivity contribution in [3.63, 3.8) is 0 Å². The average Bonchev–Trinajstić information content (AvgIpc) is 2.08. The SMILES string of the molecule is Cc1c(F)c(F)c(F)c(C)c1Br. The van der Waals surface area contributed by atoms with E-state index >= 15 is 0 Å². The molecule has 0 bridgehead atoms. The van der Waals surface area contributed by atoms with Gasteiger partial charge in [-0.3, -0.25) is 0 Å². The lowest BCUT2D eigenvalue weighted by Crippen LogP contribution is -1.99. The minimum Gasteiger partial charge on any atom is -0.203 e. The smallest absolute Gasteiger partial charge is 0.195 e. The van der Waals surface area contributed by atoms with Crippen molar-refractivity contribution in [2.45, 2.75) is 13.8 Å². The van der Waals surface area contributed by atoms with Gasteiger partial charge in [0.15, 0.2) is 17.5 Å². The molecule has 0 radical (unpaired) electrons. The molecule has 0 amide bonds. The Morgan fingerprint density at radius 1 is 0.833 bits per heavy atom.